The van der Waals surface area contributed by atoms with Gasteiger partial charge in [0.15, 0.2) is 0 Å². The third-order valence-electron chi connectivity index (χ3n) is 2.06. The molecule has 1 aliphatic carbocycles. The van der Waals surface area contributed by atoms with Crippen molar-refractivity contribution in [3.05, 3.63) is 0 Å². The molecule has 0 aromatic rings. The fourth-order valence-corrected chi connectivity index (χ4v) is 0.794. The van der Waals surface area contributed by atoms with E-state index in [0.717, 1.165) is 0 Å². The SMILES string of the molecule is CC1(NC(=O)C(F)(F)C(F)(F)F)CC1. The summed E-state index contributed by atoms with van der Waals surface area (Å²) in [4.78, 5) is 10.6. The van der Waals surface area contributed by atoms with Crippen molar-refractivity contribution < 1.29 is 26.7 Å². The summed E-state index contributed by atoms with van der Waals surface area (Å²) < 4.78 is 59.7. The highest BCUT2D eigenvalue weighted by Crippen LogP contribution is 2.39. The number of halogens is 5. The topological polar surface area (TPSA) is 29.1 Å². The summed E-state index contributed by atoms with van der Waals surface area (Å²) in [7, 11) is 0. The molecule has 1 N–H and O–H groups in total. The van der Waals surface area contributed by atoms with Crippen LogP contribution in [0.5, 0.6) is 0 Å². The molecule has 0 heterocycles. The van der Waals surface area contributed by atoms with Gasteiger partial charge < -0.3 is 5.32 Å². The lowest BCUT2D eigenvalue weighted by molar-refractivity contribution is -0.270. The first-order valence-electron chi connectivity index (χ1n) is 3.86. The first-order valence-corrected chi connectivity index (χ1v) is 3.86. The van der Waals surface area contributed by atoms with Gasteiger partial charge in [-0.05, 0) is 19.8 Å². The van der Waals surface area contributed by atoms with Crippen molar-refractivity contribution in [2.75, 3.05) is 0 Å². The Kier molecular flexibility index (Phi) is 2.24. The molecule has 0 spiro atoms. The molecule has 0 bridgehead atoms. The molecule has 2 nitrogen and oxygen atoms in total. The van der Waals surface area contributed by atoms with Crippen LogP contribution in [-0.4, -0.2) is 23.5 Å². The molecular weight excluding hydrogens is 209 g/mol. The Bertz CT molecular complexity index is 255. The highest BCUT2D eigenvalue weighted by Gasteiger charge is 2.64. The maximum Gasteiger partial charge on any atom is 0.463 e. The van der Waals surface area contributed by atoms with Crippen molar-refractivity contribution in [2.45, 2.75) is 37.4 Å². The van der Waals surface area contributed by atoms with Crippen LogP contribution in [0.1, 0.15) is 19.8 Å². The van der Waals surface area contributed by atoms with Gasteiger partial charge in [0.05, 0.1) is 0 Å². The number of carbonyl (C=O) groups is 1. The normalized spacial score (nSPS) is 20.4. The molecule has 0 aromatic heterocycles. The predicted octanol–water partition coefficient (Wildman–Crippen LogP) is 1.85. The lowest BCUT2D eigenvalue weighted by Crippen LogP contribution is -2.53. The number of rotatable bonds is 2. The first kappa shape index (κ1) is 11.2. The zero-order valence-corrected chi connectivity index (χ0v) is 7.21. The van der Waals surface area contributed by atoms with Crippen LogP contribution in [0.25, 0.3) is 0 Å². The highest BCUT2D eigenvalue weighted by atomic mass is 19.4. The average Bonchev–Trinajstić information content (AvgIpc) is 2.65. The number of amides is 1. The van der Waals surface area contributed by atoms with E-state index in [2.05, 4.69) is 0 Å². The van der Waals surface area contributed by atoms with E-state index in [1.165, 1.54) is 6.92 Å². The smallest absolute Gasteiger partial charge is 0.345 e. The van der Waals surface area contributed by atoms with E-state index in [0.29, 0.717) is 12.8 Å². The van der Waals surface area contributed by atoms with E-state index in [1.54, 1.807) is 5.32 Å². The van der Waals surface area contributed by atoms with Crippen molar-refractivity contribution in [2.24, 2.45) is 0 Å². The van der Waals surface area contributed by atoms with Crippen LogP contribution in [0.15, 0.2) is 0 Å². The van der Waals surface area contributed by atoms with Gasteiger partial charge in [0.1, 0.15) is 0 Å². The third-order valence-corrected chi connectivity index (χ3v) is 2.06. The number of carbonyl (C=O) groups excluding carboxylic acids is 1. The van der Waals surface area contributed by atoms with Gasteiger partial charge >= 0.3 is 18.0 Å². The van der Waals surface area contributed by atoms with E-state index in [4.69, 9.17) is 0 Å². The Morgan fingerprint density at radius 3 is 1.93 bits per heavy atom. The molecule has 14 heavy (non-hydrogen) atoms. The Morgan fingerprint density at radius 2 is 1.64 bits per heavy atom. The lowest BCUT2D eigenvalue weighted by Gasteiger charge is -2.21. The molecule has 1 aliphatic rings. The monoisotopic (exact) mass is 217 g/mol. The maximum absolute atomic E-state index is 12.3. The number of hydrogen-bond donors (Lipinski definition) is 1. The van der Waals surface area contributed by atoms with Gasteiger partial charge in [-0.3, -0.25) is 4.79 Å². The van der Waals surface area contributed by atoms with Gasteiger partial charge in [-0.25, -0.2) is 0 Å². The van der Waals surface area contributed by atoms with Crippen molar-refractivity contribution in [3.63, 3.8) is 0 Å². The van der Waals surface area contributed by atoms with Gasteiger partial charge in [0, 0.05) is 5.54 Å². The Morgan fingerprint density at radius 1 is 1.21 bits per heavy atom. The van der Waals surface area contributed by atoms with E-state index in [9.17, 15) is 26.7 Å². The minimum absolute atomic E-state index is 0.423. The molecule has 0 unspecified atom stereocenters. The number of nitrogens with one attached hydrogen (secondary N) is 1. The minimum atomic E-state index is -5.83. The van der Waals surface area contributed by atoms with Crippen LogP contribution in [0, 0.1) is 0 Å². The lowest BCUT2D eigenvalue weighted by atomic mass is 10.2. The minimum Gasteiger partial charge on any atom is -0.345 e. The molecule has 1 amide bonds. The Hall–Kier alpha value is -0.880. The molecule has 1 fully saturated rings. The number of alkyl halides is 5. The highest BCUT2D eigenvalue weighted by molar-refractivity contribution is 5.85. The van der Waals surface area contributed by atoms with E-state index >= 15 is 0 Å². The summed E-state index contributed by atoms with van der Waals surface area (Å²) in [5.74, 6) is -7.58. The van der Waals surface area contributed by atoms with E-state index in [-0.39, 0.29) is 0 Å². The predicted molar refractivity (Wildman–Crippen MR) is 36.8 cm³/mol. The van der Waals surface area contributed by atoms with Crippen molar-refractivity contribution in [1.82, 2.24) is 5.32 Å². The van der Waals surface area contributed by atoms with Crippen molar-refractivity contribution in [3.8, 4) is 0 Å². The summed E-state index contributed by atoms with van der Waals surface area (Å²) in [5.41, 5.74) is -0.883. The van der Waals surface area contributed by atoms with Crippen LogP contribution in [0.3, 0.4) is 0 Å². The zero-order chi connectivity index (χ0) is 11.2. The quantitative estimate of drug-likeness (QED) is 0.702. The Balaban J connectivity index is 2.68. The molecule has 0 aromatic carbocycles. The fraction of sp³-hybridized carbons (Fsp3) is 0.857. The third kappa shape index (κ3) is 1.96. The molecule has 7 heteroatoms. The molecule has 1 saturated carbocycles. The number of hydrogen-bond acceptors (Lipinski definition) is 1. The summed E-state index contributed by atoms with van der Waals surface area (Å²) >= 11 is 0. The van der Waals surface area contributed by atoms with E-state index < -0.39 is 23.5 Å². The van der Waals surface area contributed by atoms with Gasteiger partial charge in [0.25, 0.3) is 0 Å². The van der Waals surface area contributed by atoms with Gasteiger partial charge in [0.2, 0.25) is 0 Å². The van der Waals surface area contributed by atoms with Crippen molar-refractivity contribution in [1.29, 1.82) is 0 Å². The summed E-state index contributed by atoms with van der Waals surface area (Å²) in [6, 6.07) is 0. The second-order valence-electron chi connectivity index (χ2n) is 3.59. The van der Waals surface area contributed by atoms with Crippen LogP contribution in [-0.2, 0) is 4.79 Å². The van der Waals surface area contributed by atoms with E-state index in [1.807, 2.05) is 0 Å². The summed E-state index contributed by atoms with van der Waals surface area (Å²) in [6.45, 7) is 1.41. The molecule has 0 radical (unpaired) electrons. The fourth-order valence-electron chi connectivity index (χ4n) is 0.794. The average molecular weight is 217 g/mol. The summed E-state index contributed by atoms with van der Waals surface area (Å²) in [6.07, 6.45) is -4.98. The molecule has 0 aliphatic heterocycles. The Labute approximate surface area is 76.5 Å². The standard InChI is InChI=1S/C7H8F5NO/c1-5(2-3-5)13-4(14)6(8,9)7(10,11)12/h2-3H2,1H3,(H,13,14). The largest absolute Gasteiger partial charge is 0.463 e. The zero-order valence-electron chi connectivity index (χ0n) is 7.21. The molecule has 0 saturated heterocycles. The van der Waals surface area contributed by atoms with Crippen LogP contribution in [0.4, 0.5) is 22.0 Å². The van der Waals surface area contributed by atoms with Gasteiger partial charge in [-0.15, -0.1) is 0 Å². The molecular formula is C7H8F5NO. The van der Waals surface area contributed by atoms with Crippen LogP contribution < -0.4 is 5.32 Å². The second-order valence-corrected chi connectivity index (χ2v) is 3.59. The maximum atomic E-state index is 12.3. The summed E-state index contributed by atoms with van der Waals surface area (Å²) in [5, 5.41) is 1.67. The molecule has 1 rings (SSSR count). The molecule has 82 valence electrons. The molecule has 0 atom stereocenters. The first-order chi connectivity index (χ1) is 6.08. The van der Waals surface area contributed by atoms with Crippen LogP contribution in [0.2, 0.25) is 0 Å². The second kappa shape index (κ2) is 2.80. The van der Waals surface area contributed by atoms with Gasteiger partial charge in [-0.2, -0.15) is 22.0 Å². The van der Waals surface area contributed by atoms with Gasteiger partial charge in [-0.1, -0.05) is 0 Å². The van der Waals surface area contributed by atoms with Crippen LogP contribution >= 0.6 is 0 Å². The van der Waals surface area contributed by atoms with Crippen molar-refractivity contribution >= 4 is 5.91 Å².